The SMILES string of the molecule is CC(O)CC(C)O.Cc1cnc(-c2[c-]cc3c(c2)C(C)(C)c2ccccc2-3)c(C)n1.[Ir]. The van der Waals surface area contributed by atoms with Gasteiger partial charge in [0, 0.05) is 37.7 Å². The maximum Gasteiger partial charge on any atom is 0.0539 e. The third-order valence-corrected chi connectivity index (χ3v) is 5.52. The fourth-order valence-corrected chi connectivity index (χ4v) is 4.13. The van der Waals surface area contributed by atoms with Gasteiger partial charge in [-0.15, -0.1) is 29.3 Å². The van der Waals surface area contributed by atoms with Gasteiger partial charge in [-0.2, -0.15) is 0 Å². The maximum absolute atomic E-state index is 8.56. The van der Waals surface area contributed by atoms with Crippen LogP contribution >= 0.6 is 0 Å². The van der Waals surface area contributed by atoms with Gasteiger partial charge in [0.25, 0.3) is 0 Å². The van der Waals surface area contributed by atoms with E-state index in [0.29, 0.717) is 6.42 Å². The molecule has 2 unspecified atom stereocenters. The van der Waals surface area contributed by atoms with Crippen molar-refractivity contribution in [1.82, 2.24) is 9.97 Å². The van der Waals surface area contributed by atoms with Gasteiger partial charge < -0.3 is 15.2 Å². The zero-order valence-corrected chi connectivity index (χ0v) is 21.4. The number of aromatic nitrogens is 2. The Hall–Kier alpha value is -1.91. The Morgan fingerprint density at radius 1 is 1.00 bits per heavy atom. The van der Waals surface area contributed by atoms with E-state index >= 15 is 0 Å². The van der Waals surface area contributed by atoms with Crippen molar-refractivity contribution in [2.24, 2.45) is 0 Å². The fourth-order valence-electron chi connectivity index (χ4n) is 4.13. The third kappa shape index (κ3) is 5.48. The van der Waals surface area contributed by atoms with Crippen molar-refractivity contribution < 1.29 is 30.3 Å². The van der Waals surface area contributed by atoms with Gasteiger partial charge in [-0.3, -0.25) is 4.98 Å². The summed E-state index contributed by atoms with van der Waals surface area (Å²) in [6.07, 6.45) is 1.54. The van der Waals surface area contributed by atoms with Gasteiger partial charge in [-0.25, -0.2) is 0 Å². The smallest absolute Gasteiger partial charge is 0.0539 e. The monoisotopic (exact) mass is 596 g/mol. The minimum atomic E-state index is -0.375. The molecular weight excluding hydrogens is 565 g/mol. The van der Waals surface area contributed by atoms with Crippen LogP contribution in [0.15, 0.2) is 42.6 Å². The molecule has 1 aliphatic carbocycles. The molecule has 167 valence electrons. The first kappa shape index (κ1) is 25.4. The predicted molar refractivity (Wildman–Crippen MR) is 121 cm³/mol. The van der Waals surface area contributed by atoms with Crippen molar-refractivity contribution in [3.8, 4) is 22.4 Å². The van der Waals surface area contributed by atoms with Crippen LogP contribution < -0.4 is 0 Å². The predicted octanol–water partition coefficient (Wildman–Crippen LogP) is 5.00. The number of hydrogen-bond acceptors (Lipinski definition) is 4. The van der Waals surface area contributed by atoms with Gasteiger partial charge in [0.15, 0.2) is 0 Å². The van der Waals surface area contributed by atoms with Gasteiger partial charge in [0.1, 0.15) is 0 Å². The van der Waals surface area contributed by atoms with Gasteiger partial charge in [0.2, 0.25) is 0 Å². The molecule has 0 amide bonds. The second-order valence-corrected chi connectivity index (χ2v) is 8.72. The van der Waals surface area contributed by atoms with E-state index < -0.39 is 0 Å². The molecule has 31 heavy (non-hydrogen) atoms. The number of aliphatic hydroxyl groups is 2. The first-order valence-electron chi connectivity index (χ1n) is 10.4. The van der Waals surface area contributed by atoms with Crippen LogP contribution in [0.4, 0.5) is 0 Å². The Morgan fingerprint density at radius 2 is 1.65 bits per heavy atom. The van der Waals surface area contributed by atoms with Crippen LogP contribution in [-0.4, -0.2) is 32.4 Å². The molecule has 1 aliphatic rings. The van der Waals surface area contributed by atoms with E-state index in [4.69, 9.17) is 10.2 Å². The molecule has 2 aromatic carbocycles. The van der Waals surface area contributed by atoms with Crippen LogP contribution in [0.1, 0.15) is 56.6 Å². The Labute approximate surface area is 199 Å². The van der Waals surface area contributed by atoms with Crippen molar-refractivity contribution >= 4 is 0 Å². The summed E-state index contributed by atoms with van der Waals surface area (Å²) in [5, 5.41) is 17.1. The van der Waals surface area contributed by atoms with E-state index in [2.05, 4.69) is 66.3 Å². The van der Waals surface area contributed by atoms with Crippen LogP contribution in [0, 0.1) is 19.9 Å². The molecule has 4 rings (SSSR count). The van der Waals surface area contributed by atoms with E-state index in [9.17, 15) is 0 Å². The summed E-state index contributed by atoms with van der Waals surface area (Å²) >= 11 is 0. The summed E-state index contributed by atoms with van der Waals surface area (Å²) in [5.41, 5.74) is 9.17. The number of benzene rings is 2. The molecule has 0 saturated heterocycles. The maximum atomic E-state index is 8.56. The summed E-state index contributed by atoms with van der Waals surface area (Å²) < 4.78 is 0. The van der Waals surface area contributed by atoms with Gasteiger partial charge >= 0.3 is 0 Å². The molecule has 0 bridgehead atoms. The summed E-state index contributed by atoms with van der Waals surface area (Å²) in [5.74, 6) is 0. The van der Waals surface area contributed by atoms with Crippen molar-refractivity contribution in [3.63, 3.8) is 0 Å². The van der Waals surface area contributed by atoms with Gasteiger partial charge in [-0.05, 0) is 45.1 Å². The molecule has 1 heterocycles. The van der Waals surface area contributed by atoms with E-state index in [1.807, 2.05) is 20.0 Å². The van der Waals surface area contributed by atoms with Crippen molar-refractivity contribution in [2.75, 3.05) is 0 Å². The number of fused-ring (bicyclic) bond motifs is 3. The molecule has 4 nitrogen and oxygen atoms in total. The molecule has 5 heteroatoms. The Balaban J connectivity index is 0.000000373. The molecule has 0 aliphatic heterocycles. The Bertz CT molecular complexity index is 1040. The minimum Gasteiger partial charge on any atom is -0.393 e. The second kappa shape index (κ2) is 10.1. The molecule has 1 radical (unpaired) electrons. The van der Waals surface area contributed by atoms with Crippen LogP contribution in [0.3, 0.4) is 0 Å². The topological polar surface area (TPSA) is 66.2 Å². The van der Waals surface area contributed by atoms with Crippen molar-refractivity contribution in [1.29, 1.82) is 0 Å². The van der Waals surface area contributed by atoms with E-state index in [0.717, 1.165) is 22.6 Å². The largest absolute Gasteiger partial charge is 0.393 e. The summed E-state index contributed by atoms with van der Waals surface area (Å²) in [7, 11) is 0. The third-order valence-electron chi connectivity index (χ3n) is 5.52. The standard InChI is InChI=1S/C21H19N2.C5H12O2.Ir/c1-13-12-22-20(14(2)23-13)15-9-10-17-16-7-5-6-8-18(16)21(3,4)19(17)11-15;1-4(6)3-5(2)7;/h5-8,10-12H,1-4H3;4-7H,3H2,1-2H3;/q-1;;. The normalized spacial score (nSPS) is 15.0. The first-order chi connectivity index (χ1) is 14.1. The van der Waals surface area contributed by atoms with E-state index in [1.54, 1.807) is 13.8 Å². The molecule has 0 spiro atoms. The minimum absolute atomic E-state index is 0. The Kier molecular flexibility index (Phi) is 8.29. The molecule has 0 fully saturated rings. The van der Waals surface area contributed by atoms with Crippen LogP contribution in [0.25, 0.3) is 22.4 Å². The van der Waals surface area contributed by atoms with Crippen LogP contribution in [0.5, 0.6) is 0 Å². The molecule has 1 aromatic heterocycles. The summed E-state index contributed by atoms with van der Waals surface area (Å²) in [6.45, 7) is 11.9. The molecule has 2 N–H and O–H groups in total. The molecule has 3 aromatic rings. The molecular formula is C26H31IrN2O2-. The fraction of sp³-hybridized carbons (Fsp3) is 0.385. The quantitative estimate of drug-likeness (QED) is 0.419. The Morgan fingerprint density at radius 3 is 2.23 bits per heavy atom. The van der Waals surface area contributed by atoms with Gasteiger partial charge in [0.05, 0.1) is 17.9 Å². The first-order valence-corrected chi connectivity index (χ1v) is 10.4. The molecule has 0 saturated carbocycles. The summed E-state index contributed by atoms with van der Waals surface area (Å²) in [4.78, 5) is 9.11. The van der Waals surface area contributed by atoms with Crippen LogP contribution in [0.2, 0.25) is 0 Å². The summed E-state index contributed by atoms with van der Waals surface area (Å²) in [6, 6.07) is 16.4. The van der Waals surface area contributed by atoms with Gasteiger partial charge in [-0.1, -0.05) is 49.2 Å². The number of nitrogens with zero attached hydrogens (tertiary/aromatic N) is 2. The zero-order valence-electron chi connectivity index (χ0n) is 19.0. The van der Waals surface area contributed by atoms with Crippen LogP contribution in [-0.2, 0) is 25.5 Å². The average Bonchev–Trinajstić information content (AvgIpc) is 2.89. The second-order valence-electron chi connectivity index (χ2n) is 8.72. The average molecular weight is 596 g/mol. The van der Waals surface area contributed by atoms with Crippen molar-refractivity contribution in [2.45, 2.75) is 65.6 Å². The number of aliphatic hydroxyl groups excluding tert-OH is 2. The van der Waals surface area contributed by atoms with E-state index in [-0.39, 0.29) is 37.7 Å². The van der Waals surface area contributed by atoms with E-state index in [1.165, 1.54) is 22.3 Å². The van der Waals surface area contributed by atoms with Crippen molar-refractivity contribution in [3.05, 3.63) is 71.2 Å². The number of rotatable bonds is 3. The number of hydrogen-bond donors (Lipinski definition) is 2. The molecule has 2 atom stereocenters. The number of aryl methyl sites for hydroxylation is 2. The zero-order chi connectivity index (χ0) is 22.1.